The predicted octanol–water partition coefficient (Wildman–Crippen LogP) is 3.28. The van der Waals surface area contributed by atoms with Gasteiger partial charge in [-0.05, 0) is 79.1 Å². The van der Waals surface area contributed by atoms with Gasteiger partial charge in [-0.25, -0.2) is 0 Å². The second kappa shape index (κ2) is 9.90. The highest BCUT2D eigenvalue weighted by molar-refractivity contribution is 9.10. The summed E-state index contributed by atoms with van der Waals surface area (Å²) < 4.78 is 5.50. The second-order valence-corrected chi connectivity index (χ2v) is 7.26. The minimum absolute atomic E-state index is 0.343. The molecule has 0 aromatic carbocycles. The van der Waals surface area contributed by atoms with Crippen molar-refractivity contribution in [2.45, 2.75) is 51.6 Å². The zero-order valence-electron chi connectivity index (χ0n) is 15.2. The molecule has 0 atom stereocenters. The standard InChI is InChI=1S/C9H12N2.C6H7BrN2.C3H6BO2/c1-6-9(10)8(4-5-11-6)7-2-3-7;1-4-6(8)5(7)2-3-9-4;5-4-6-3-1-2-3/h4-5,7H,2-3,10H2,1H3;2-3H,8H2,1H3;3,5H,1-2H2. The molecule has 2 aliphatic rings. The number of halogens is 1. The molecule has 26 heavy (non-hydrogen) atoms. The van der Waals surface area contributed by atoms with Crippen molar-refractivity contribution in [2.75, 3.05) is 11.5 Å². The van der Waals surface area contributed by atoms with Gasteiger partial charge in [-0.3, -0.25) is 9.97 Å². The number of hydrogen-bond donors (Lipinski definition) is 3. The van der Waals surface area contributed by atoms with Crippen LogP contribution in [0.4, 0.5) is 11.4 Å². The van der Waals surface area contributed by atoms with E-state index in [-0.39, 0.29) is 0 Å². The van der Waals surface area contributed by atoms with Gasteiger partial charge in [0.15, 0.2) is 0 Å². The Morgan fingerprint density at radius 2 is 1.62 bits per heavy atom. The van der Waals surface area contributed by atoms with Crippen molar-refractivity contribution in [1.29, 1.82) is 0 Å². The van der Waals surface area contributed by atoms with Gasteiger partial charge in [-0.2, -0.15) is 0 Å². The van der Waals surface area contributed by atoms with Gasteiger partial charge in [0.1, 0.15) is 0 Å². The van der Waals surface area contributed by atoms with E-state index in [9.17, 15) is 0 Å². The number of nitrogens with zero attached hydrogens (tertiary/aromatic N) is 2. The molecular weight excluding hydrogens is 395 g/mol. The van der Waals surface area contributed by atoms with Crippen molar-refractivity contribution < 1.29 is 9.68 Å². The summed E-state index contributed by atoms with van der Waals surface area (Å²) in [5, 5.41) is 7.93. The number of nitrogen functional groups attached to an aromatic ring is 2. The summed E-state index contributed by atoms with van der Waals surface area (Å²) in [7, 11) is 0.762. The first-order valence-corrected chi connectivity index (χ1v) is 9.42. The number of rotatable bonds is 3. The molecule has 1 radical (unpaired) electrons. The fourth-order valence-electron chi connectivity index (χ4n) is 2.18. The number of pyridine rings is 2. The lowest BCUT2D eigenvalue weighted by Gasteiger charge is -2.04. The second-order valence-electron chi connectivity index (χ2n) is 6.41. The summed E-state index contributed by atoms with van der Waals surface area (Å²) in [6, 6.07) is 3.86. The van der Waals surface area contributed by atoms with Gasteiger partial charge in [0.25, 0.3) is 0 Å². The van der Waals surface area contributed by atoms with Crippen molar-refractivity contribution in [3.05, 3.63) is 46.0 Å². The van der Waals surface area contributed by atoms with E-state index < -0.39 is 0 Å². The molecule has 4 rings (SSSR count). The average molecular weight is 420 g/mol. The number of aryl methyl sites for hydroxylation is 2. The quantitative estimate of drug-likeness (QED) is 0.659. The fraction of sp³-hybridized carbons (Fsp3) is 0.444. The summed E-state index contributed by atoms with van der Waals surface area (Å²) >= 11 is 3.28. The lowest BCUT2D eigenvalue weighted by molar-refractivity contribution is 0.271. The molecule has 5 N–H and O–H groups in total. The molecule has 0 bridgehead atoms. The topological polar surface area (TPSA) is 107 Å². The smallest absolute Gasteiger partial charge is 0.429 e. The summed E-state index contributed by atoms with van der Waals surface area (Å²) in [4.78, 5) is 8.11. The van der Waals surface area contributed by atoms with Crippen molar-refractivity contribution >= 4 is 35.0 Å². The predicted molar refractivity (Wildman–Crippen MR) is 109 cm³/mol. The van der Waals surface area contributed by atoms with E-state index in [2.05, 4.69) is 30.6 Å². The molecule has 2 fully saturated rings. The highest BCUT2D eigenvalue weighted by atomic mass is 79.9. The molecule has 0 saturated heterocycles. The number of anilines is 2. The molecule has 0 unspecified atom stereocenters. The Morgan fingerprint density at radius 3 is 2.04 bits per heavy atom. The van der Waals surface area contributed by atoms with E-state index in [1.165, 1.54) is 18.4 Å². The van der Waals surface area contributed by atoms with Crippen LogP contribution in [0.3, 0.4) is 0 Å². The molecule has 2 aliphatic carbocycles. The fourth-order valence-corrected chi connectivity index (χ4v) is 2.59. The van der Waals surface area contributed by atoms with Gasteiger partial charge in [-0.1, -0.05) is 0 Å². The van der Waals surface area contributed by atoms with Crippen LogP contribution in [0.25, 0.3) is 0 Å². The number of hydrogen-bond acceptors (Lipinski definition) is 6. The largest absolute Gasteiger partial charge is 0.485 e. The Labute approximate surface area is 163 Å². The maximum Gasteiger partial charge on any atom is 0.485 e. The summed E-state index contributed by atoms with van der Waals surface area (Å²) in [6.07, 6.45) is 8.72. The molecular formula is C18H25BBrN4O2. The zero-order chi connectivity index (χ0) is 19.1. The lowest BCUT2D eigenvalue weighted by Crippen LogP contribution is -1.97. The Morgan fingerprint density at radius 1 is 1.04 bits per heavy atom. The van der Waals surface area contributed by atoms with Crippen molar-refractivity contribution in [1.82, 2.24) is 9.97 Å². The Kier molecular flexibility index (Phi) is 7.87. The zero-order valence-corrected chi connectivity index (χ0v) is 16.7. The van der Waals surface area contributed by atoms with Crippen molar-refractivity contribution in [3.63, 3.8) is 0 Å². The molecule has 0 amide bonds. The average Bonchev–Trinajstić information content (AvgIpc) is 3.50. The van der Waals surface area contributed by atoms with Crippen LogP contribution >= 0.6 is 15.9 Å². The molecule has 2 heterocycles. The van der Waals surface area contributed by atoms with Crippen LogP contribution in [-0.4, -0.2) is 28.8 Å². The minimum Gasteiger partial charge on any atom is -0.429 e. The van der Waals surface area contributed by atoms with E-state index in [0.717, 1.165) is 53.7 Å². The van der Waals surface area contributed by atoms with Gasteiger partial charge in [0.2, 0.25) is 0 Å². The molecule has 0 aliphatic heterocycles. The Bertz CT molecular complexity index is 704. The van der Waals surface area contributed by atoms with Crippen molar-refractivity contribution in [3.8, 4) is 0 Å². The van der Waals surface area contributed by atoms with Gasteiger partial charge < -0.3 is 21.1 Å². The third-order valence-corrected chi connectivity index (χ3v) is 4.85. The first kappa shape index (κ1) is 20.7. The van der Waals surface area contributed by atoms with Gasteiger partial charge in [0, 0.05) is 23.0 Å². The van der Waals surface area contributed by atoms with Crippen LogP contribution in [0.5, 0.6) is 0 Å². The molecule has 2 aromatic rings. The van der Waals surface area contributed by atoms with Crippen LogP contribution < -0.4 is 11.5 Å². The Balaban J connectivity index is 0.000000147. The first-order valence-electron chi connectivity index (χ1n) is 8.63. The SMILES string of the molecule is Cc1nccc(Br)c1N.Cc1nccc(C2CC2)c1N.O[B]OC1CC1. The van der Waals surface area contributed by atoms with E-state index in [1.807, 2.05) is 32.2 Å². The molecule has 2 aromatic heterocycles. The lowest BCUT2D eigenvalue weighted by atomic mass is 10.1. The molecule has 6 nitrogen and oxygen atoms in total. The third kappa shape index (κ3) is 6.59. The minimum atomic E-state index is 0.343. The highest BCUT2D eigenvalue weighted by Gasteiger charge is 2.25. The van der Waals surface area contributed by atoms with Crippen LogP contribution in [-0.2, 0) is 4.65 Å². The summed E-state index contributed by atoms with van der Waals surface area (Å²) in [5.74, 6) is 0.733. The molecule has 2 saturated carbocycles. The molecule has 8 heteroatoms. The number of nitrogens with two attached hydrogens (primary N) is 2. The van der Waals surface area contributed by atoms with Crippen LogP contribution in [0.2, 0.25) is 0 Å². The van der Waals surface area contributed by atoms with E-state index in [4.69, 9.17) is 16.5 Å². The number of aromatic nitrogens is 2. The maximum absolute atomic E-state index is 7.93. The maximum atomic E-state index is 7.93. The molecule has 0 spiro atoms. The summed E-state index contributed by atoms with van der Waals surface area (Å²) in [6.45, 7) is 3.83. The van der Waals surface area contributed by atoms with Crippen molar-refractivity contribution in [2.24, 2.45) is 0 Å². The van der Waals surface area contributed by atoms with Crippen LogP contribution in [0.1, 0.15) is 48.6 Å². The summed E-state index contributed by atoms with van der Waals surface area (Å²) in [5.41, 5.74) is 16.2. The van der Waals surface area contributed by atoms with E-state index in [0.29, 0.717) is 6.10 Å². The van der Waals surface area contributed by atoms with E-state index >= 15 is 0 Å². The molecule has 139 valence electrons. The monoisotopic (exact) mass is 419 g/mol. The van der Waals surface area contributed by atoms with E-state index in [1.54, 1.807) is 6.20 Å². The van der Waals surface area contributed by atoms with Crippen LogP contribution in [0.15, 0.2) is 29.0 Å². The first-order chi connectivity index (χ1) is 12.4. The van der Waals surface area contributed by atoms with Gasteiger partial charge in [-0.15, -0.1) is 0 Å². The van der Waals surface area contributed by atoms with Gasteiger partial charge in [0.05, 0.1) is 22.8 Å². The Hall–Kier alpha value is -1.64. The normalized spacial score (nSPS) is 15.2. The van der Waals surface area contributed by atoms with Crippen LogP contribution in [0, 0.1) is 13.8 Å². The van der Waals surface area contributed by atoms with Gasteiger partial charge >= 0.3 is 7.69 Å². The highest BCUT2D eigenvalue weighted by Crippen LogP contribution is 2.42. The third-order valence-electron chi connectivity index (χ3n) is 4.15.